The fraction of sp³-hybridized carbons (Fsp3) is 0.611. The maximum absolute atomic E-state index is 13.5. The highest BCUT2D eigenvalue weighted by atomic mass is 19.1. The summed E-state index contributed by atoms with van der Waals surface area (Å²) in [6, 6.07) is 6.88. The van der Waals surface area contributed by atoms with Crippen molar-refractivity contribution in [1.82, 2.24) is 4.90 Å². The number of nitrogens with zero attached hydrogens (tertiary/aromatic N) is 2. The Kier molecular flexibility index (Phi) is 5.49. The third kappa shape index (κ3) is 4.44. The van der Waals surface area contributed by atoms with E-state index in [4.69, 9.17) is 10.7 Å². The van der Waals surface area contributed by atoms with Gasteiger partial charge in [-0.3, -0.25) is 0 Å². The molecule has 3 rings (SSSR count). The monoisotopic (exact) mass is 318 g/mol. The highest BCUT2D eigenvalue weighted by Gasteiger charge is 2.24. The van der Waals surface area contributed by atoms with Gasteiger partial charge in [0, 0.05) is 24.8 Å². The van der Waals surface area contributed by atoms with E-state index in [9.17, 15) is 4.39 Å². The van der Waals surface area contributed by atoms with Crippen LogP contribution >= 0.6 is 0 Å². The number of aliphatic imine (C=N–C) groups is 1. The molecule has 0 radical (unpaired) electrons. The van der Waals surface area contributed by atoms with Gasteiger partial charge in [-0.25, -0.2) is 9.38 Å². The first-order valence-corrected chi connectivity index (χ1v) is 8.83. The van der Waals surface area contributed by atoms with Crippen LogP contribution in [0.15, 0.2) is 29.3 Å². The summed E-state index contributed by atoms with van der Waals surface area (Å²) in [7, 11) is 0. The van der Waals surface area contributed by atoms with E-state index < -0.39 is 0 Å². The molecule has 0 bridgehead atoms. The van der Waals surface area contributed by atoms with Crippen molar-refractivity contribution in [2.45, 2.75) is 57.0 Å². The van der Waals surface area contributed by atoms with Crippen LogP contribution in [-0.2, 0) is 0 Å². The van der Waals surface area contributed by atoms with Crippen molar-refractivity contribution in [2.75, 3.05) is 18.4 Å². The lowest BCUT2D eigenvalue weighted by molar-refractivity contribution is 0.331. The molecule has 2 aliphatic rings. The van der Waals surface area contributed by atoms with Crippen LogP contribution in [0.3, 0.4) is 0 Å². The second kappa shape index (κ2) is 7.77. The van der Waals surface area contributed by atoms with Crippen molar-refractivity contribution < 1.29 is 4.39 Å². The molecule has 5 heteroatoms. The van der Waals surface area contributed by atoms with Gasteiger partial charge < -0.3 is 16.0 Å². The number of hydrogen-bond acceptors (Lipinski definition) is 2. The molecule has 1 saturated carbocycles. The molecule has 23 heavy (non-hydrogen) atoms. The summed E-state index contributed by atoms with van der Waals surface area (Å²) in [5.74, 6) is 0.625. The van der Waals surface area contributed by atoms with E-state index in [0.717, 1.165) is 37.6 Å². The van der Waals surface area contributed by atoms with Crippen LogP contribution < -0.4 is 11.1 Å². The second-order valence-electron chi connectivity index (χ2n) is 6.65. The second-order valence-corrected chi connectivity index (χ2v) is 6.65. The minimum absolute atomic E-state index is 0.137. The smallest absolute Gasteiger partial charge is 0.198 e. The summed E-state index contributed by atoms with van der Waals surface area (Å²) in [5, 5.41) is 3.34. The molecule has 0 aromatic heterocycles. The summed E-state index contributed by atoms with van der Waals surface area (Å²) in [6.07, 6.45) is 8.11. The molecule has 1 aliphatic carbocycles. The van der Waals surface area contributed by atoms with Crippen molar-refractivity contribution in [3.63, 3.8) is 0 Å². The van der Waals surface area contributed by atoms with Gasteiger partial charge in [0.05, 0.1) is 6.04 Å². The molecular formula is C18H27FN4. The topological polar surface area (TPSA) is 53.6 Å². The highest BCUT2D eigenvalue weighted by Crippen LogP contribution is 2.21. The van der Waals surface area contributed by atoms with Gasteiger partial charge in [0.15, 0.2) is 5.96 Å². The maximum Gasteiger partial charge on any atom is 0.198 e. The standard InChI is InChI=1S/C18H27FN4/c19-14-7-6-8-15(13-14)21-18(23-11-4-1-5-12-23)22-17-10-3-2-9-16(17)20/h6-8,13,16-17H,1-5,9-12,20H2,(H,21,22)/t16-,17-/m0/s1. The average molecular weight is 318 g/mol. The average Bonchev–Trinajstić information content (AvgIpc) is 2.57. The lowest BCUT2D eigenvalue weighted by Crippen LogP contribution is -2.43. The van der Waals surface area contributed by atoms with Gasteiger partial charge in [0.25, 0.3) is 0 Å². The van der Waals surface area contributed by atoms with E-state index >= 15 is 0 Å². The van der Waals surface area contributed by atoms with Crippen LogP contribution in [0.4, 0.5) is 10.1 Å². The van der Waals surface area contributed by atoms with Gasteiger partial charge in [-0.1, -0.05) is 18.9 Å². The Balaban J connectivity index is 1.80. The van der Waals surface area contributed by atoms with Crippen molar-refractivity contribution in [1.29, 1.82) is 0 Å². The zero-order valence-electron chi connectivity index (χ0n) is 13.7. The normalized spacial score (nSPS) is 26.2. The first-order valence-electron chi connectivity index (χ1n) is 8.83. The molecule has 126 valence electrons. The maximum atomic E-state index is 13.5. The molecule has 1 aliphatic heterocycles. The minimum atomic E-state index is -0.234. The van der Waals surface area contributed by atoms with Crippen molar-refractivity contribution in [2.24, 2.45) is 10.7 Å². The summed E-state index contributed by atoms with van der Waals surface area (Å²) in [5.41, 5.74) is 7.01. The number of nitrogens with one attached hydrogen (secondary N) is 1. The predicted octanol–water partition coefficient (Wildman–Crippen LogP) is 3.35. The van der Waals surface area contributed by atoms with Crippen LogP contribution in [0.25, 0.3) is 0 Å². The van der Waals surface area contributed by atoms with Gasteiger partial charge in [-0.15, -0.1) is 0 Å². The van der Waals surface area contributed by atoms with Crippen LogP contribution in [0, 0.1) is 5.82 Å². The van der Waals surface area contributed by atoms with E-state index in [0.29, 0.717) is 0 Å². The number of guanidine groups is 1. The lowest BCUT2D eigenvalue weighted by atomic mass is 9.91. The molecule has 3 N–H and O–H groups in total. The fourth-order valence-corrected chi connectivity index (χ4v) is 3.45. The third-order valence-corrected chi connectivity index (χ3v) is 4.81. The Morgan fingerprint density at radius 3 is 2.65 bits per heavy atom. The van der Waals surface area contributed by atoms with Crippen molar-refractivity contribution in [3.05, 3.63) is 30.1 Å². The summed E-state index contributed by atoms with van der Waals surface area (Å²) < 4.78 is 13.5. The first-order chi connectivity index (χ1) is 11.2. The SMILES string of the molecule is N[C@H]1CCCC[C@@H]1N=C(Nc1cccc(F)c1)N1CCCCC1. The van der Waals surface area contributed by atoms with E-state index in [1.807, 2.05) is 6.07 Å². The number of rotatable bonds is 2. The Bertz CT molecular complexity index is 540. The summed E-state index contributed by atoms with van der Waals surface area (Å²) in [4.78, 5) is 7.24. The molecule has 1 aromatic carbocycles. The van der Waals surface area contributed by atoms with Crippen LogP contribution in [-0.4, -0.2) is 36.0 Å². The van der Waals surface area contributed by atoms with Gasteiger partial charge in [0.1, 0.15) is 5.82 Å². The van der Waals surface area contributed by atoms with Crippen LogP contribution in [0.1, 0.15) is 44.9 Å². The minimum Gasteiger partial charge on any atom is -0.343 e. The molecule has 2 fully saturated rings. The Hall–Kier alpha value is -1.62. The molecule has 1 aromatic rings. The molecule has 0 amide bonds. The van der Waals surface area contributed by atoms with Crippen LogP contribution in [0.5, 0.6) is 0 Å². The van der Waals surface area contributed by atoms with Gasteiger partial charge in [-0.2, -0.15) is 0 Å². The number of likely N-dealkylation sites (tertiary alicyclic amines) is 1. The van der Waals surface area contributed by atoms with E-state index in [1.54, 1.807) is 6.07 Å². The molecule has 0 spiro atoms. The quantitative estimate of drug-likeness (QED) is 0.649. The number of nitrogens with two attached hydrogens (primary N) is 1. The van der Waals surface area contributed by atoms with Gasteiger partial charge >= 0.3 is 0 Å². The summed E-state index contributed by atoms with van der Waals surface area (Å²) in [6.45, 7) is 2.01. The highest BCUT2D eigenvalue weighted by molar-refractivity contribution is 5.93. The van der Waals surface area contributed by atoms with E-state index in [2.05, 4.69) is 10.2 Å². The first kappa shape index (κ1) is 16.2. The van der Waals surface area contributed by atoms with E-state index in [-0.39, 0.29) is 17.9 Å². The zero-order chi connectivity index (χ0) is 16.1. The number of benzene rings is 1. The van der Waals surface area contributed by atoms with Crippen molar-refractivity contribution >= 4 is 11.6 Å². The number of halogens is 1. The molecule has 1 heterocycles. The number of hydrogen-bond donors (Lipinski definition) is 2. The fourth-order valence-electron chi connectivity index (χ4n) is 3.45. The Morgan fingerprint density at radius 2 is 1.91 bits per heavy atom. The molecule has 4 nitrogen and oxygen atoms in total. The largest absolute Gasteiger partial charge is 0.343 e. The summed E-state index contributed by atoms with van der Waals surface area (Å²) >= 11 is 0. The zero-order valence-corrected chi connectivity index (χ0v) is 13.7. The molecule has 1 saturated heterocycles. The van der Waals surface area contributed by atoms with E-state index in [1.165, 1.54) is 44.2 Å². The Labute approximate surface area is 138 Å². The number of anilines is 1. The molecule has 0 unspecified atom stereocenters. The van der Waals surface area contributed by atoms with Gasteiger partial charge in [-0.05, 0) is 50.3 Å². The Morgan fingerprint density at radius 1 is 1.13 bits per heavy atom. The number of piperidine rings is 1. The lowest BCUT2D eigenvalue weighted by Gasteiger charge is -2.33. The third-order valence-electron chi connectivity index (χ3n) is 4.81. The van der Waals surface area contributed by atoms with Crippen molar-refractivity contribution in [3.8, 4) is 0 Å². The van der Waals surface area contributed by atoms with Gasteiger partial charge in [0.2, 0.25) is 0 Å². The predicted molar refractivity (Wildman–Crippen MR) is 93.1 cm³/mol. The molecular weight excluding hydrogens is 291 g/mol. The van der Waals surface area contributed by atoms with Crippen LogP contribution in [0.2, 0.25) is 0 Å². The molecule has 2 atom stereocenters.